The Hall–Kier alpha value is -1.97. The van der Waals surface area contributed by atoms with Gasteiger partial charge in [-0.15, -0.1) is 0 Å². The lowest BCUT2D eigenvalue weighted by molar-refractivity contribution is 0.0984. The molecular formula is C14H15FN2O. The molecule has 3 nitrogen and oxygen atoms in total. The molecule has 0 saturated carbocycles. The van der Waals surface area contributed by atoms with E-state index in [-0.39, 0.29) is 18.0 Å². The predicted octanol–water partition coefficient (Wildman–Crippen LogP) is 2.55. The molecule has 0 aliphatic rings. The van der Waals surface area contributed by atoms with Crippen LogP contribution in [-0.4, -0.2) is 15.6 Å². The van der Waals surface area contributed by atoms with Crippen molar-refractivity contribution in [3.05, 3.63) is 53.1 Å². The van der Waals surface area contributed by atoms with Gasteiger partial charge < -0.3 is 0 Å². The fourth-order valence-electron chi connectivity index (χ4n) is 1.84. The summed E-state index contributed by atoms with van der Waals surface area (Å²) in [6.07, 6.45) is 1.07. The molecule has 0 unspecified atom stereocenters. The molecule has 0 bridgehead atoms. The van der Waals surface area contributed by atoms with Crippen molar-refractivity contribution < 1.29 is 9.18 Å². The van der Waals surface area contributed by atoms with Crippen LogP contribution in [-0.2, 0) is 19.9 Å². The summed E-state index contributed by atoms with van der Waals surface area (Å²) in [5.74, 6) is -0.295. The van der Waals surface area contributed by atoms with Crippen LogP contribution in [0.3, 0.4) is 0 Å². The van der Waals surface area contributed by atoms with Gasteiger partial charge in [-0.05, 0) is 30.2 Å². The van der Waals surface area contributed by atoms with Gasteiger partial charge in [-0.25, -0.2) is 4.39 Å². The van der Waals surface area contributed by atoms with Crippen molar-refractivity contribution in [3.8, 4) is 0 Å². The molecule has 0 saturated heterocycles. The largest absolute Gasteiger partial charge is 0.292 e. The van der Waals surface area contributed by atoms with Gasteiger partial charge in [0.15, 0.2) is 5.78 Å². The summed E-state index contributed by atoms with van der Waals surface area (Å²) in [4.78, 5) is 12.1. The lowest BCUT2D eigenvalue weighted by Crippen LogP contribution is -2.09. The molecule has 1 heterocycles. The lowest BCUT2D eigenvalue weighted by Gasteiger charge is -2.01. The first-order valence-corrected chi connectivity index (χ1v) is 5.90. The fourth-order valence-corrected chi connectivity index (χ4v) is 1.84. The third-order valence-corrected chi connectivity index (χ3v) is 2.86. The zero-order valence-electron chi connectivity index (χ0n) is 10.5. The Morgan fingerprint density at radius 1 is 1.33 bits per heavy atom. The Balaban J connectivity index is 2.16. The van der Waals surface area contributed by atoms with E-state index >= 15 is 0 Å². The average Bonchev–Trinajstić information content (AvgIpc) is 2.73. The number of Topliss-reactive ketones (excluding diaryl/α,β-unsaturated/α-hetero) is 1. The zero-order valence-corrected chi connectivity index (χ0v) is 10.5. The van der Waals surface area contributed by atoms with Crippen LogP contribution in [0.4, 0.5) is 4.39 Å². The molecular weight excluding hydrogens is 231 g/mol. The van der Waals surface area contributed by atoms with Crippen molar-refractivity contribution in [3.63, 3.8) is 0 Å². The molecule has 0 fully saturated rings. The minimum Gasteiger partial charge on any atom is -0.292 e. The van der Waals surface area contributed by atoms with E-state index in [0.29, 0.717) is 5.69 Å². The van der Waals surface area contributed by atoms with E-state index in [4.69, 9.17) is 0 Å². The molecule has 1 aromatic heterocycles. The first-order valence-electron chi connectivity index (χ1n) is 5.90. The average molecular weight is 246 g/mol. The van der Waals surface area contributed by atoms with Crippen molar-refractivity contribution in [2.24, 2.45) is 7.05 Å². The smallest absolute Gasteiger partial charge is 0.185 e. The SMILES string of the molecule is CCc1cc(C(=O)Cc2ccc(F)cc2)n(C)n1. The van der Waals surface area contributed by atoms with Crippen LogP contribution < -0.4 is 0 Å². The molecule has 2 rings (SSSR count). The summed E-state index contributed by atoms with van der Waals surface area (Å²) in [5, 5.41) is 4.24. The van der Waals surface area contributed by atoms with Gasteiger partial charge in [0.05, 0.1) is 5.69 Å². The second-order valence-corrected chi connectivity index (χ2v) is 4.22. The van der Waals surface area contributed by atoms with Gasteiger partial charge >= 0.3 is 0 Å². The van der Waals surface area contributed by atoms with E-state index in [0.717, 1.165) is 17.7 Å². The maximum absolute atomic E-state index is 12.8. The molecule has 1 aromatic carbocycles. The van der Waals surface area contributed by atoms with E-state index in [2.05, 4.69) is 5.10 Å². The lowest BCUT2D eigenvalue weighted by atomic mass is 10.1. The van der Waals surface area contributed by atoms with E-state index < -0.39 is 0 Å². The van der Waals surface area contributed by atoms with Gasteiger partial charge in [0, 0.05) is 13.5 Å². The maximum Gasteiger partial charge on any atom is 0.185 e. The van der Waals surface area contributed by atoms with E-state index in [1.54, 1.807) is 23.9 Å². The van der Waals surface area contributed by atoms with E-state index in [1.807, 2.05) is 13.0 Å². The number of nitrogens with zero attached hydrogens (tertiary/aromatic N) is 2. The molecule has 2 aromatic rings. The summed E-state index contributed by atoms with van der Waals surface area (Å²) in [5.41, 5.74) is 2.30. The number of aryl methyl sites for hydroxylation is 2. The fraction of sp³-hybridized carbons (Fsp3) is 0.286. The topological polar surface area (TPSA) is 34.9 Å². The van der Waals surface area contributed by atoms with E-state index in [9.17, 15) is 9.18 Å². The molecule has 0 aliphatic carbocycles. The number of benzene rings is 1. The molecule has 18 heavy (non-hydrogen) atoms. The molecule has 0 aliphatic heterocycles. The molecule has 0 amide bonds. The Labute approximate surface area is 105 Å². The molecule has 0 radical (unpaired) electrons. The van der Waals surface area contributed by atoms with Crippen LogP contribution in [0.1, 0.15) is 28.7 Å². The van der Waals surface area contributed by atoms with Crippen molar-refractivity contribution in [2.45, 2.75) is 19.8 Å². The number of rotatable bonds is 4. The van der Waals surface area contributed by atoms with Crippen molar-refractivity contribution in [2.75, 3.05) is 0 Å². The normalized spacial score (nSPS) is 10.6. The maximum atomic E-state index is 12.8. The summed E-state index contributed by atoms with van der Waals surface area (Å²) < 4.78 is 14.4. The summed E-state index contributed by atoms with van der Waals surface area (Å²) >= 11 is 0. The van der Waals surface area contributed by atoms with Crippen molar-refractivity contribution in [1.82, 2.24) is 9.78 Å². The van der Waals surface area contributed by atoms with Gasteiger partial charge in [-0.1, -0.05) is 19.1 Å². The van der Waals surface area contributed by atoms with E-state index in [1.165, 1.54) is 12.1 Å². The van der Waals surface area contributed by atoms with Crippen LogP contribution in [0.5, 0.6) is 0 Å². The minimum absolute atomic E-state index is 0.00342. The first kappa shape index (κ1) is 12.5. The van der Waals surface area contributed by atoms with Crippen molar-refractivity contribution in [1.29, 1.82) is 0 Å². The van der Waals surface area contributed by atoms with Gasteiger partial charge in [-0.3, -0.25) is 9.48 Å². The summed E-state index contributed by atoms with van der Waals surface area (Å²) in [6.45, 7) is 2.00. The highest BCUT2D eigenvalue weighted by molar-refractivity contribution is 5.96. The first-order chi connectivity index (χ1) is 8.60. The summed E-state index contributed by atoms with van der Waals surface area (Å²) in [7, 11) is 1.76. The third-order valence-electron chi connectivity index (χ3n) is 2.86. The van der Waals surface area contributed by atoms with Crippen LogP contribution in [0.2, 0.25) is 0 Å². The molecule has 0 spiro atoms. The Morgan fingerprint density at radius 2 is 2.00 bits per heavy atom. The highest BCUT2D eigenvalue weighted by atomic mass is 19.1. The van der Waals surface area contributed by atoms with Gasteiger partial charge in [0.2, 0.25) is 0 Å². The molecule has 94 valence electrons. The number of hydrogen-bond acceptors (Lipinski definition) is 2. The Kier molecular flexibility index (Phi) is 3.55. The number of ketones is 1. The highest BCUT2D eigenvalue weighted by Crippen LogP contribution is 2.10. The molecule has 0 atom stereocenters. The standard InChI is InChI=1S/C14H15FN2O/c1-3-12-9-13(17(2)16-12)14(18)8-10-4-6-11(15)7-5-10/h4-7,9H,3,8H2,1-2H3. The van der Waals surface area contributed by atoms with Gasteiger partial charge in [0.25, 0.3) is 0 Å². The zero-order chi connectivity index (χ0) is 13.1. The predicted molar refractivity (Wildman–Crippen MR) is 67.0 cm³/mol. The second-order valence-electron chi connectivity index (χ2n) is 4.22. The Bertz CT molecular complexity index is 558. The third kappa shape index (κ3) is 2.64. The number of aromatic nitrogens is 2. The quantitative estimate of drug-likeness (QED) is 0.777. The monoisotopic (exact) mass is 246 g/mol. The number of hydrogen-bond donors (Lipinski definition) is 0. The van der Waals surface area contributed by atoms with Crippen LogP contribution >= 0.6 is 0 Å². The van der Waals surface area contributed by atoms with Crippen LogP contribution in [0, 0.1) is 5.82 Å². The number of halogens is 1. The van der Waals surface area contributed by atoms with Crippen LogP contribution in [0.25, 0.3) is 0 Å². The molecule has 0 N–H and O–H groups in total. The van der Waals surface area contributed by atoms with Crippen LogP contribution in [0.15, 0.2) is 30.3 Å². The number of carbonyl (C=O) groups is 1. The van der Waals surface area contributed by atoms with Gasteiger partial charge in [-0.2, -0.15) is 5.10 Å². The Morgan fingerprint density at radius 3 is 2.56 bits per heavy atom. The number of carbonyl (C=O) groups excluding carboxylic acids is 1. The summed E-state index contributed by atoms with van der Waals surface area (Å²) in [6, 6.07) is 7.80. The minimum atomic E-state index is -0.292. The molecule has 4 heteroatoms. The van der Waals surface area contributed by atoms with Gasteiger partial charge in [0.1, 0.15) is 11.5 Å². The van der Waals surface area contributed by atoms with Crippen molar-refractivity contribution >= 4 is 5.78 Å². The second kappa shape index (κ2) is 5.12. The highest BCUT2D eigenvalue weighted by Gasteiger charge is 2.13.